The van der Waals surface area contributed by atoms with Crippen molar-refractivity contribution in [2.24, 2.45) is 0 Å². The number of aromatic nitrogens is 3. The lowest BCUT2D eigenvalue weighted by molar-refractivity contribution is 0.0922. The number of carbonyl (C=O) groups excluding carboxylic acids is 1. The van der Waals surface area contributed by atoms with Crippen LogP contribution in [0.2, 0.25) is 0 Å². The summed E-state index contributed by atoms with van der Waals surface area (Å²) in [7, 11) is 0. The Bertz CT molecular complexity index is 915. The number of amides is 1. The highest BCUT2D eigenvalue weighted by atomic mass is 16.1. The van der Waals surface area contributed by atoms with Crippen molar-refractivity contribution >= 4 is 28.3 Å². The lowest BCUT2D eigenvalue weighted by Gasteiger charge is -2.22. The van der Waals surface area contributed by atoms with Gasteiger partial charge in [0.1, 0.15) is 17.8 Å². The van der Waals surface area contributed by atoms with Gasteiger partial charge in [-0.05, 0) is 25.0 Å². The zero-order chi connectivity index (χ0) is 17.8. The predicted octanol–water partition coefficient (Wildman–Crippen LogP) is 3.83. The van der Waals surface area contributed by atoms with Gasteiger partial charge < -0.3 is 10.6 Å². The van der Waals surface area contributed by atoms with Crippen LogP contribution in [0.5, 0.6) is 0 Å². The first-order valence-corrected chi connectivity index (χ1v) is 9.03. The van der Waals surface area contributed by atoms with Gasteiger partial charge in [-0.2, -0.15) is 0 Å². The molecule has 2 N–H and O–H groups in total. The Kier molecular flexibility index (Phi) is 4.73. The van der Waals surface area contributed by atoms with Crippen LogP contribution in [0.3, 0.4) is 0 Å². The van der Waals surface area contributed by atoms with E-state index < -0.39 is 0 Å². The molecule has 0 spiro atoms. The van der Waals surface area contributed by atoms with Crippen molar-refractivity contribution in [3.8, 4) is 0 Å². The summed E-state index contributed by atoms with van der Waals surface area (Å²) in [5.74, 6) is 0.436. The molecule has 1 aliphatic rings. The summed E-state index contributed by atoms with van der Waals surface area (Å²) in [4.78, 5) is 25.3. The molecule has 4 rings (SSSR count). The highest BCUT2D eigenvalue weighted by Crippen LogP contribution is 2.24. The minimum Gasteiger partial charge on any atom is -0.348 e. The number of fused-ring (bicyclic) bond motifs is 1. The molecule has 6 nitrogen and oxygen atoms in total. The maximum Gasteiger partial charge on any atom is 0.270 e. The van der Waals surface area contributed by atoms with Gasteiger partial charge in [-0.3, -0.25) is 9.78 Å². The van der Waals surface area contributed by atoms with Crippen LogP contribution in [0, 0.1) is 0 Å². The second-order valence-corrected chi connectivity index (χ2v) is 6.60. The molecule has 1 aromatic carbocycles. The van der Waals surface area contributed by atoms with Crippen molar-refractivity contribution in [2.75, 3.05) is 5.32 Å². The number of carbonyl (C=O) groups is 1. The molecule has 26 heavy (non-hydrogen) atoms. The maximum absolute atomic E-state index is 12.5. The summed E-state index contributed by atoms with van der Waals surface area (Å²) in [6, 6.07) is 11.8. The summed E-state index contributed by atoms with van der Waals surface area (Å²) in [5, 5.41) is 7.38. The lowest BCUT2D eigenvalue weighted by atomic mass is 9.95. The van der Waals surface area contributed by atoms with Crippen LogP contribution in [0.1, 0.15) is 42.6 Å². The number of hydrogen-bond acceptors (Lipinski definition) is 5. The van der Waals surface area contributed by atoms with Crippen molar-refractivity contribution < 1.29 is 4.79 Å². The number of hydrogen-bond donors (Lipinski definition) is 2. The molecule has 0 bridgehead atoms. The third-order valence-electron chi connectivity index (χ3n) is 4.74. The van der Waals surface area contributed by atoms with E-state index >= 15 is 0 Å². The normalized spacial score (nSPS) is 14.9. The number of anilines is 2. The van der Waals surface area contributed by atoms with Crippen molar-refractivity contribution in [3.05, 3.63) is 54.6 Å². The van der Waals surface area contributed by atoms with E-state index in [-0.39, 0.29) is 11.9 Å². The molecular weight excluding hydrogens is 326 g/mol. The largest absolute Gasteiger partial charge is 0.348 e. The molecular formula is C20H21N5O. The second-order valence-electron chi connectivity index (χ2n) is 6.60. The van der Waals surface area contributed by atoms with Gasteiger partial charge in [0.05, 0.1) is 11.2 Å². The number of benzene rings is 1. The Labute approximate surface area is 152 Å². The molecule has 1 aliphatic carbocycles. The SMILES string of the molecule is O=C(NC1CCCCC1)c1cc(Nc2cccc3cccnc23)ncn1. The van der Waals surface area contributed by atoms with Crippen LogP contribution in [0.25, 0.3) is 10.9 Å². The average Bonchev–Trinajstić information content (AvgIpc) is 2.69. The fourth-order valence-corrected chi connectivity index (χ4v) is 3.40. The molecule has 0 saturated heterocycles. The standard InChI is InChI=1S/C20H21N5O/c26-20(24-15-8-2-1-3-9-15)17-12-18(23-13-22-17)25-16-10-4-6-14-7-5-11-21-19(14)16/h4-7,10-13,15H,1-3,8-9H2,(H,24,26)(H,22,23,25). The van der Waals surface area contributed by atoms with Gasteiger partial charge in [-0.15, -0.1) is 0 Å². The van der Waals surface area contributed by atoms with Crippen LogP contribution in [-0.4, -0.2) is 26.9 Å². The Morgan fingerprint density at radius 3 is 2.73 bits per heavy atom. The first kappa shape index (κ1) is 16.4. The number of nitrogens with zero attached hydrogens (tertiary/aromatic N) is 3. The Hall–Kier alpha value is -3.02. The Morgan fingerprint density at radius 1 is 1.00 bits per heavy atom. The molecule has 3 aromatic rings. The summed E-state index contributed by atoms with van der Waals surface area (Å²) >= 11 is 0. The molecule has 1 saturated carbocycles. The van der Waals surface area contributed by atoms with Crippen LogP contribution in [0.15, 0.2) is 48.9 Å². The highest BCUT2D eigenvalue weighted by molar-refractivity contribution is 5.94. The highest BCUT2D eigenvalue weighted by Gasteiger charge is 2.17. The van der Waals surface area contributed by atoms with Gasteiger partial charge in [0, 0.05) is 23.7 Å². The van der Waals surface area contributed by atoms with E-state index in [1.54, 1.807) is 12.3 Å². The van der Waals surface area contributed by atoms with Gasteiger partial charge in [-0.1, -0.05) is 37.5 Å². The fourth-order valence-electron chi connectivity index (χ4n) is 3.40. The molecule has 2 heterocycles. The topological polar surface area (TPSA) is 79.8 Å². The van der Waals surface area contributed by atoms with Gasteiger partial charge in [0.25, 0.3) is 5.91 Å². The number of para-hydroxylation sites is 1. The van der Waals surface area contributed by atoms with Crippen LogP contribution < -0.4 is 10.6 Å². The number of rotatable bonds is 4. The van der Waals surface area contributed by atoms with E-state index in [4.69, 9.17) is 0 Å². The average molecular weight is 347 g/mol. The minimum atomic E-state index is -0.140. The molecule has 0 atom stereocenters. The van der Waals surface area contributed by atoms with Crippen molar-refractivity contribution in [2.45, 2.75) is 38.1 Å². The van der Waals surface area contributed by atoms with Crippen molar-refractivity contribution in [1.29, 1.82) is 0 Å². The van der Waals surface area contributed by atoms with Crippen LogP contribution >= 0.6 is 0 Å². The smallest absolute Gasteiger partial charge is 0.270 e. The minimum absolute atomic E-state index is 0.140. The molecule has 6 heteroatoms. The van der Waals surface area contributed by atoms with E-state index in [1.165, 1.54) is 25.6 Å². The van der Waals surface area contributed by atoms with Gasteiger partial charge in [0.2, 0.25) is 0 Å². The second kappa shape index (κ2) is 7.47. The predicted molar refractivity (Wildman–Crippen MR) is 101 cm³/mol. The van der Waals surface area contributed by atoms with Crippen molar-refractivity contribution in [3.63, 3.8) is 0 Å². The molecule has 1 fully saturated rings. The zero-order valence-corrected chi connectivity index (χ0v) is 14.5. The summed E-state index contributed by atoms with van der Waals surface area (Å²) < 4.78 is 0. The van der Waals surface area contributed by atoms with E-state index in [0.717, 1.165) is 29.4 Å². The maximum atomic E-state index is 12.5. The number of pyridine rings is 1. The van der Waals surface area contributed by atoms with E-state index in [1.807, 2.05) is 30.3 Å². The molecule has 2 aromatic heterocycles. The lowest BCUT2D eigenvalue weighted by Crippen LogP contribution is -2.36. The van der Waals surface area contributed by atoms with Gasteiger partial charge in [0.15, 0.2) is 0 Å². The Morgan fingerprint density at radius 2 is 1.85 bits per heavy atom. The monoisotopic (exact) mass is 347 g/mol. The molecule has 1 amide bonds. The van der Waals surface area contributed by atoms with Crippen LogP contribution in [0.4, 0.5) is 11.5 Å². The number of nitrogens with one attached hydrogen (secondary N) is 2. The molecule has 0 aliphatic heterocycles. The van der Waals surface area contributed by atoms with E-state index in [9.17, 15) is 4.79 Å². The zero-order valence-electron chi connectivity index (χ0n) is 14.5. The van der Waals surface area contributed by atoms with Gasteiger partial charge in [-0.25, -0.2) is 9.97 Å². The first-order valence-electron chi connectivity index (χ1n) is 9.03. The van der Waals surface area contributed by atoms with E-state index in [0.29, 0.717) is 11.5 Å². The summed E-state index contributed by atoms with van der Waals surface area (Å²) in [6.45, 7) is 0. The molecule has 132 valence electrons. The third-order valence-corrected chi connectivity index (χ3v) is 4.74. The third kappa shape index (κ3) is 3.64. The summed E-state index contributed by atoms with van der Waals surface area (Å²) in [5.41, 5.74) is 2.09. The Balaban J connectivity index is 1.52. The fraction of sp³-hybridized carbons (Fsp3) is 0.300. The van der Waals surface area contributed by atoms with Crippen LogP contribution in [-0.2, 0) is 0 Å². The molecule has 0 unspecified atom stereocenters. The quantitative estimate of drug-likeness (QED) is 0.750. The van der Waals surface area contributed by atoms with Crippen molar-refractivity contribution in [1.82, 2.24) is 20.3 Å². The summed E-state index contributed by atoms with van der Waals surface area (Å²) in [6.07, 6.45) is 8.87. The first-order chi connectivity index (χ1) is 12.8. The van der Waals surface area contributed by atoms with E-state index in [2.05, 4.69) is 25.6 Å². The molecule has 0 radical (unpaired) electrons. The van der Waals surface area contributed by atoms with Gasteiger partial charge >= 0.3 is 0 Å².